The number of phenols is 1. The van der Waals surface area contributed by atoms with E-state index in [2.05, 4.69) is 10.1 Å². The van der Waals surface area contributed by atoms with Gasteiger partial charge in [-0.2, -0.15) is 4.98 Å². The molecule has 0 aliphatic carbocycles. The average molecular weight is 302 g/mol. The molecule has 0 saturated heterocycles. The summed E-state index contributed by atoms with van der Waals surface area (Å²) < 4.78 is 18.0. The van der Waals surface area contributed by atoms with Crippen LogP contribution >= 0.6 is 11.8 Å². The smallest absolute Gasteiger partial charge is 0.237 e. The van der Waals surface area contributed by atoms with Gasteiger partial charge < -0.3 is 9.63 Å². The Kier molecular flexibility index (Phi) is 3.87. The van der Waals surface area contributed by atoms with E-state index in [1.165, 1.54) is 23.9 Å². The molecule has 0 radical (unpaired) electrons. The lowest BCUT2D eigenvalue weighted by Gasteiger charge is -1.98. The van der Waals surface area contributed by atoms with Crippen LogP contribution in [-0.4, -0.2) is 15.2 Å². The second kappa shape index (κ2) is 5.97. The molecule has 21 heavy (non-hydrogen) atoms. The molecule has 2 aromatic carbocycles. The first-order valence-electron chi connectivity index (χ1n) is 6.21. The fourth-order valence-corrected chi connectivity index (χ4v) is 2.45. The molecule has 106 valence electrons. The predicted octanol–water partition coefficient (Wildman–Crippen LogP) is 3.87. The van der Waals surface area contributed by atoms with Crippen molar-refractivity contribution in [3.63, 3.8) is 0 Å². The van der Waals surface area contributed by atoms with E-state index in [0.717, 1.165) is 4.90 Å². The number of hydrogen-bond acceptors (Lipinski definition) is 5. The molecule has 0 amide bonds. The monoisotopic (exact) mass is 302 g/mol. The lowest BCUT2D eigenvalue weighted by Crippen LogP contribution is -1.83. The lowest BCUT2D eigenvalue weighted by atomic mass is 10.2. The summed E-state index contributed by atoms with van der Waals surface area (Å²) in [4.78, 5) is 5.27. The van der Waals surface area contributed by atoms with Crippen LogP contribution in [0.25, 0.3) is 11.4 Å². The van der Waals surface area contributed by atoms with Crippen LogP contribution in [0.3, 0.4) is 0 Å². The number of aromatic hydroxyl groups is 1. The summed E-state index contributed by atoms with van der Waals surface area (Å²) in [5.74, 6) is 1.39. The SMILES string of the molecule is Oc1ccc(SCc2nc(-c3ccc(F)cc3)no2)cc1. The molecule has 0 aliphatic rings. The zero-order valence-electron chi connectivity index (χ0n) is 10.9. The van der Waals surface area contributed by atoms with Crippen molar-refractivity contribution in [3.8, 4) is 17.1 Å². The third-order valence-electron chi connectivity index (χ3n) is 2.77. The van der Waals surface area contributed by atoms with Gasteiger partial charge in [0.1, 0.15) is 11.6 Å². The van der Waals surface area contributed by atoms with E-state index in [9.17, 15) is 9.50 Å². The van der Waals surface area contributed by atoms with Gasteiger partial charge in [0.25, 0.3) is 0 Å². The summed E-state index contributed by atoms with van der Waals surface area (Å²) in [5.41, 5.74) is 0.709. The number of rotatable bonds is 4. The molecule has 1 N–H and O–H groups in total. The van der Waals surface area contributed by atoms with E-state index in [1.807, 2.05) is 12.1 Å². The van der Waals surface area contributed by atoms with Crippen LogP contribution in [0.15, 0.2) is 57.9 Å². The molecule has 3 rings (SSSR count). The quantitative estimate of drug-likeness (QED) is 0.741. The lowest BCUT2D eigenvalue weighted by molar-refractivity contribution is 0.391. The van der Waals surface area contributed by atoms with E-state index in [-0.39, 0.29) is 11.6 Å². The van der Waals surface area contributed by atoms with Gasteiger partial charge in [0.15, 0.2) is 0 Å². The van der Waals surface area contributed by atoms with Gasteiger partial charge in [-0.25, -0.2) is 4.39 Å². The maximum absolute atomic E-state index is 12.9. The zero-order valence-corrected chi connectivity index (χ0v) is 11.7. The Hall–Kier alpha value is -2.34. The summed E-state index contributed by atoms with van der Waals surface area (Å²) in [7, 11) is 0. The Morgan fingerprint density at radius 2 is 1.76 bits per heavy atom. The van der Waals surface area contributed by atoms with Crippen molar-refractivity contribution >= 4 is 11.8 Å². The Morgan fingerprint density at radius 1 is 1.05 bits per heavy atom. The summed E-state index contributed by atoms with van der Waals surface area (Å²) in [6.45, 7) is 0. The number of phenolic OH excluding ortho intramolecular Hbond substituents is 1. The number of halogens is 1. The van der Waals surface area contributed by atoms with Crippen molar-refractivity contribution in [2.24, 2.45) is 0 Å². The van der Waals surface area contributed by atoms with E-state index in [4.69, 9.17) is 4.52 Å². The number of benzene rings is 2. The van der Waals surface area contributed by atoms with Crippen LogP contribution in [-0.2, 0) is 5.75 Å². The summed E-state index contributed by atoms with van der Waals surface area (Å²) in [6, 6.07) is 12.8. The van der Waals surface area contributed by atoms with Crippen molar-refractivity contribution in [2.75, 3.05) is 0 Å². The normalized spacial score (nSPS) is 10.7. The van der Waals surface area contributed by atoms with E-state index in [0.29, 0.717) is 23.0 Å². The first-order valence-corrected chi connectivity index (χ1v) is 7.19. The highest BCUT2D eigenvalue weighted by molar-refractivity contribution is 7.98. The van der Waals surface area contributed by atoms with Crippen molar-refractivity contribution < 1.29 is 14.0 Å². The average Bonchev–Trinajstić information content (AvgIpc) is 2.96. The highest BCUT2D eigenvalue weighted by atomic mass is 32.2. The maximum Gasteiger partial charge on any atom is 0.237 e. The second-order valence-corrected chi connectivity index (χ2v) is 5.35. The molecule has 1 heterocycles. The Balaban J connectivity index is 1.67. The largest absolute Gasteiger partial charge is 0.508 e. The molecule has 0 saturated carbocycles. The molecule has 4 nitrogen and oxygen atoms in total. The van der Waals surface area contributed by atoms with Gasteiger partial charge in [0, 0.05) is 10.5 Å². The molecule has 0 unspecified atom stereocenters. The van der Waals surface area contributed by atoms with Crippen LogP contribution in [0.1, 0.15) is 5.89 Å². The number of nitrogens with zero attached hydrogens (tertiary/aromatic N) is 2. The molecule has 0 fully saturated rings. The van der Waals surface area contributed by atoms with Crippen molar-refractivity contribution in [1.29, 1.82) is 0 Å². The van der Waals surface area contributed by atoms with Crippen molar-refractivity contribution in [3.05, 3.63) is 60.2 Å². The molecule has 3 aromatic rings. The van der Waals surface area contributed by atoms with Gasteiger partial charge in [0.2, 0.25) is 11.7 Å². The molecule has 1 aromatic heterocycles. The van der Waals surface area contributed by atoms with Gasteiger partial charge >= 0.3 is 0 Å². The summed E-state index contributed by atoms with van der Waals surface area (Å²) in [6.07, 6.45) is 0. The van der Waals surface area contributed by atoms with Crippen LogP contribution < -0.4 is 0 Å². The standard InChI is InChI=1S/C15H11FN2O2S/c16-11-3-1-10(2-4-11)15-17-14(20-18-15)9-21-13-7-5-12(19)6-8-13/h1-8,19H,9H2. The summed E-state index contributed by atoms with van der Waals surface area (Å²) >= 11 is 1.53. The van der Waals surface area contributed by atoms with Gasteiger partial charge in [-0.05, 0) is 48.5 Å². The first-order chi connectivity index (χ1) is 10.2. The van der Waals surface area contributed by atoms with E-state index in [1.54, 1.807) is 24.3 Å². The van der Waals surface area contributed by atoms with Gasteiger partial charge in [-0.3, -0.25) is 0 Å². The number of thioether (sulfide) groups is 1. The predicted molar refractivity (Wildman–Crippen MR) is 77.4 cm³/mol. The van der Waals surface area contributed by atoms with Crippen LogP contribution in [0, 0.1) is 5.82 Å². The second-order valence-electron chi connectivity index (χ2n) is 4.30. The Morgan fingerprint density at radius 3 is 2.48 bits per heavy atom. The van der Waals surface area contributed by atoms with Crippen molar-refractivity contribution in [1.82, 2.24) is 10.1 Å². The summed E-state index contributed by atoms with van der Waals surface area (Å²) in [5, 5.41) is 13.1. The molecular weight excluding hydrogens is 291 g/mol. The minimum Gasteiger partial charge on any atom is -0.508 e. The molecular formula is C15H11FN2O2S. The minimum absolute atomic E-state index is 0.232. The van der Waals surface area contributed by atoms with E-state index >= 15 is 0 Å². The highest BCUT2D eigenvalue weighted by Gasteiger charge is 2.09. The fraction of sp³-hybridized carbons (Fsp3) is 0.0667. The number of hydrogen-bond donors (Lipinski definition) is 1. The van der Waals surface area contributed by atoms with E-state index < -0.39 is 0 Å². The molecule has 0 bridgehead atoms. The molecule has 0 atom stereocenters. The number of aromatic nitrogens is 2. The fourth-order valence-electron chi connectivity index (χ4n) is 1.72. The van der Waals surface area contributed by atoms with Crippen LogP contribution in [0.2, 0.25) is 0 Å². The molecule has 6 heteroatoms. The first kappa shape index (κ1) is 13.6. The Labute approximate surface area is 124 Å². The van der Waals surface area contributed by atoms with Crippen LogP contribution in [0.4, 0.5) is 4.39 Å². The highest BCUT2D eigenvalue weighted by Crippen LogP contribution is 2.25. The third-order valence-corrected chi connectivity index (χ3v) is 3.77. The van der Waals surface area contributed by atoms with Gasteiger partial charge in [0.05, 0.1) is 5.75 Å². The third kappa shape index (κ3) is 3.41. The maximum atomic E-state index is 12.9. The van der Waals surface area contributed by atoms with Gasteiger partial charge in [-0.15, -0.1) is 11.8 Å². The van der Waals surface area contributed by atoms with Crippen LogP contribution in [0.5, 0.6) is 5.75 Å². The Bertz CT molecular complexity index is 726. The zero-order chi connectivity index (χ0) is 14.7. The molecule has 0 spiro atoms. The topological polar surface area (TPSA) is 59.2 Å². The van der Waals surface area contributed by atoms with Gasteiger partial charge in [-0.1, -0.05) is 5.16 Å². The molecule has 0 aliphatic heterocycles. The van der Waals surface area contributed by atoms with Crippen molar-refractivity contribution in [2.45, 2.75) is 10.6 Å². The minimum atomic E-state index is -0.301.